The second-order valence-corrected chi connectivity index (χ2v) is 4.06. The van der Waals surface area contributed by atoms with Crippen LogP contribution in [0.4, 0.5) is 0 Å². The molecule has 0 radical (unpaired) electrons. The van der Waals surface area contributed by atoms with Crippen LogP contribution < -0.4 is 11.1 Å². The zero-order valence-corrected chi connectivity index (χ0v) is 8.60. The van der Waals surface area contributed by atoms with E-state index < -0.39 is 5.54 Å². The smallest absolute Gasteiger partial charge is 0.238 e. The second-order valence-electron chi connectivity index (χ2n) is 4.06. The minimum atomic E-state index is -0.407. The van der Waals surface area contributed by atoms with Gasteiger partial charge in [-0.1, -0.05) is 20.3 Å². The van der Waals surface area contributed by atoms with Gasteiger partial charge in [0, 0.05) is 0 Å². The van der Waals surface area contributed by atoms with Crippen molar-refractivity contribution in [3.05, 3.63) is 0 Å². The lowest BCUT2D eigenvalue weighted by Gasteiger charge is -2.31. The minimum absolute atomic E-state index is 0.175. The van der Waals surface area contributed by atoms with Crippen LogP contribution in [-0.4, -0.2) is 18.0 Å². The summed E-state index contributed by atoms with van der Waals surface area (Å²) in [5.41, 5.74) is 5.06. The van der Waals surface area contributed by atoms with Crippen LogP contribution in [0.5, 0.6) is 0 Å². The van der Waals surface area contributed by atoms with E-state index in [1.807, 2.05) is 0 Å². The summed E-state index contributed by atoms with van der Waals surface area (Å²) in [6.45, 7) is 5.09. The largest absolute Gasteiger partial charge is 0.368 e. The highest BCUT2D eigenvalue weighted by Crippen LogP contribution is 2.35. The van der Waals surface area contributed by atoms with Crippen LogP contribution in [0.1, 0.15) is 39.5 Å². The number of hydrogen-bond donors (Lipinski definition) is 2. The molecule has 1 amide bonds. The lowest BCUT2D eigenvalue weighted by atomic mass is 9.87. The van der Waals surface area contributed by atoms with Gasteiger partial charge in [-0.2, -0.15) is 0 Å². The minimum Gasteiger partial charge on any atom is -0.368 e. The standard InChI is InChI=1S/C10H20N2O/c1-3-7-12-10(9(11)13)6-4-5-8(10)2/h8,12H,3-7H2,1-2H3,(H2,11,13). The summed E-state index contributed by atoms with van der Waals surface area (Å²) in [7, 11) is 0. The highest BCUT2D eigenvalue weighted by Gasteiger charge is 2.44. The molecule has 2 unspecified atom stereocenters. The number of amides is 1. The number of hydrogen-bond acceptors (Lipinski definition) is 2. The van der Waals surface area contributed by atoms with Crippen molar-refractivity contribution in [3.8, 4) is 0 Å². The summed E-state index contributed by atoms with van der Waals surface area (Å²) >= 11 is 0. The highest BCUT2D eigenvalue weighted by molar-refractivity contribution is 5.85. The first-order chi connectivity index (χ1) is 6.13. The van der Waals surface area contributed by atoms with E-state index in [0.717, 1.165) is 32.2 Å². The van der Waals surface area contributed by atoms with Crippen LogP contribution in [0, 0.1) is 5.92 Å². The number of primary amides is 1. The summed E-state index contributed by atoms with van der Waals surface area (Å²) in [4.78, 5) is 11.4. The van der Waals surface area contributed by atoms with Gasteiger partial charge in [0.1, 0.15) is 5.54 Å². The van der Waals surface area contributed by atoms with E-state index in [1.165, 1.54) is 0 Å². The Kier molecular flexibility index (Phi) is 3.31. The fourth-order valence-corrected chi connectivity index (χ4v) is 2.24. The van der Waals surface area contributed by atoms with E-state index in [2.05, 4.69) is 19.2 Å². The van der Waals surface area contributed by atoms with Crippen molar-refractivity contribution in [2.75, 3.05) is 6.54 Å². The number of nitrogens with one attached hydrogen (secondary N) is 1. The molecule has 1 rings (SSSR count). The van der Waals surface area contributed by atoms with Gasteiger partial charge in [0.25, 0.3) is 0 Å². The monoisotopic (exact) mass is 184 g/mol. The van der Waals surface area contributed by atoms with Gasteiger partial charge in [-0.05, 0) is 31.7 Å². The first-order valence-corrected chi connectivity index (χ1v) is 5.18. The first-order valence-electron chi connectivity index (χ1n) is 5.18. The molecule has 1 aliphatic rings. The molecule has 3 nitrogen and oxygen atoms in total. The Labute approximate surface area is 80.1 Å². The van der Waals surface area contributed by atoms with Gasteiger partial charge >= 0.3 is 0 Å². The molecule has 13 heavy (non-hydrogen) atoms. The van der Waals surface area contributed by atoms with Gasteiger partial charge in [-0.25, -0.2) is 0 Å². The molecule has 3 N–H and O–H groups in total. The lowest BCUT2D eigenvalue weighted by Crippen LogP contribution is -2.57. The van der Waals surface area contributed by atoms with E-state index in [0.29, 0.717) is 5.92 Å². The Bertz CT molecular complexity index is 193. The van der Waals surface area contributed by atoms with Crippen molar-refractivity contribution in [1.82, 2.24) is 5.32 Å². The summed E-state index contributed by atoms with van der Waals surface area (Å²) < 4.78 is 0. The van der Waals surface area contributed by atoms with Crippen LogP contribution >= 0.6 is 0 Å². The van der Waals surface area contributed by atoms with E-state index in [9.17, 15) is 4.79 Å². The molecule has 1 fully saturated rings. The first kappa shape index (κ1) is 10.5. The summed E-state index contributed by atoms with van der Waals surface area (Å²) in [6, 6.07) is 0. The van der Waals surface area contributed by atoms with Crippen molar-refractivity contribution < 1.29 is 4.79 Å². The van der Waals surface area contributed by atoms with Gasteiger partial charge in [0.15, 0.2) is 0 Å². The predicted molar refractivity (Wildman–Crippen MR) is 53.2 cm³/mol. The van der Waals surface area contributed by atoms with E-state index in [-0.39, 0.29) is 5.91 Å². The fraction of sp³-hybridized carbons (Fsp3) is 0.900. The van der Waals surface area contributed by atoms with Gasteiger partial charge in [-0.15, -0.1) is 0 Å². The van der Waals surface area contributed by atoms with Gasteiger partial charge in [0.2, 0.25) is 5.91 Å². The molecular weight excluding hydrogens is 164 g/mol. The topological polar surface area (TPSA) is 55.1 Å². The molecule has 0 aliphatic heterocycles. The Balaban J connectivity index is 2.68. The average molecular weight is 184 g/mol. The van der Waals surface area contributed by atoms with Crippen molar-refractivity contribution >= 4 is 5.91 Å². The summed E-state index contributed by atoms with van der Waals surface area (Å²) in [6.07, 6.45) is 4.17. The number of carbonyl (C=O) groups excluding carboxylic acids is 1. The van der Waals surface area contributed by atoms with E-state index in [1.54, 1.807) is 0 Å². The van der Waals surface area contributed by atoms with Crippen LogP contribution in [0.15, 0.2) is 0 Å². The SMILES string of the molecule is CCCNC1(C(N)=O)CCCC1C. The zero-order chi connectivity index (χ0) is 9.90. The molecule has 2 atom stereocenters. The molecular formula is C10H20N2O. The second kappa shape index (κ2) is 4.09. The summed E-state index contributed by atoms with van der Waals surface area (Å²) in [5.74, 6) is 0.211. The lowest BCUT2D eigenvalue weighted by molar-refractivity contribution is -0.125. The molecule has 0 aromatic heterocycles. The van der Waals surface area contributed by atoms with Crippen LogP contribution in [0.3, 0.4) is 0 Å². The Morgan fingerprint density at radius 2 is 2.38 bits per heavy atom. The Morgan fingerprint density at radius 3 is 2.77 bits per heavy atom. The molecule has 1 saturated carbocycles. The van der Waals surface area contributed by atoms with Crippen LogP contribution in [0.2, 0.25) is 0 Å². The normalized spacial score (nSPS) is 33.5. The third kappa shape index (κ3) is 1.85. The third-order valence-corrected chi connectivity index (χ3v) is 3.18. The average Bonchev–Trinajstić information content (AvgIpc) is 2.45. The Hall–Kier alpha value is -0.570. The third-order valence-electron chi connectivity index (χ3n) is 3.18. The molecule has 3 heteroatoms. The fourth-order valence-electron chi connectivity index (χ4n) is 2.24. The van der Waals surface area contributed by atoms with Crippen molar-refractivity contribution in [2.24, 2.45) is 11.7 Å². The molecule has 0 spiro atoms. The highest BCUT2D eigenvalue weighted by atomic mass is 16.1. The number of rotatable bonds is 4. The number of carbonyl (C=O) groups is 1. The molecule has 0 heterocycles. The van der Waals surface area contributed by atoms with Crippen LogP contribution in [0.25, 0.3) is 0 Å². The molecule has 0 saturated heterocycles. The quantitative estimate of drug-likeness (QED) is 0.685. The van der Waals surface area contributed by atoms with Gasteiger partial charge in [0.05, 0.1) is 0 Å². The van der Waals surface area contributed by atoms with Gasteiger partial charge < -0.3 is 11.1 Å². The predicted octanol–water partition coefficient (Wildman–Crippen LogP) is 1.03. The molecule has 0 aromatic carbocycles. The van der Waals surface area contributed by atoms with Crippen molar-refractivity contribution in [2.45, 2.75) is 45.1 Å². The number of nitrogens with two attached hydrogens (primary N) is 1. The van der Waals surface area contributed by atoms with Gasteiger partial charge in [-0.3, -0.25) is 4.79 Å². The van der Waals surface area contributed by atoms with Crippen LogP contribution in [-0.2, 0) is 4.79 Å². The maximum absolute atomic E-state index is 11.4. The summed E-state index contributed by atoms with van der Waals surface area (Å²) in [5, 5.41) is 3.32. The maximum atomic E-state index is 11.4. The molecule has 1 aliphatic carbocycles. The molecule has 0 aromatic rings. The van der Waals surface area contributed by atoms with Crippen molar-refractivity contribution in [1.29, 1.82) is 0 Å². The molecule has 76 valence electrons. The maximum Gasteiger partial charge on any atom is 0.238 e. The zero-order valence-electron chi connectivity index (χ0n) is 8.60. The molecule has 0 bridgehead atoms. The van der Waals surface area contributed by atoms with Crippen molar-refractivity contribution in [3.63, 3.8) is 0 Å². The van der Waals surface area contributed by atoms with E-state index in [4.69, 9.17) is 5.73 Å². The Morgan fingerprint density at radius 1 is 1.69 bits per heavy atom. The van der Waals surface area contributed by atoms with E-state index >= 15 is 0 Å².